The number of carbonyl (C=O) groups is 1. The van der Waals surface area contributed by atoms with E-state index in [0.717, 1.165) is 12.8 Å². The van der Waals surface area contributed by atoms with E-state index in [-0.39, 0.29) is 0 Å². The van der Waals surface area contributed by atoms with Crippen LogP contribution >= 0.6 is 0 Å². The predicted molar refractivity (Wildman–Crippen MR) is 55.1 cm³/mol. The zero-order valence-corrected chi connectivity index (χ0v) is 8.72. The van der Waals surface area contributed by atoms with Crippen LogP contribution in [0.15, 0.2) is 24.5 Å². The summed E-state index contributed by atoms with van der Waals surface area (Å²) in [7, 11) is 0. The van der Waals surface area contributed by atoms with Gasteiger partial charge in [-0.2, -0.15) is 0 Å². The molecule has 0 aliphatic heterocycles. The minimum atomic E-state index is -1.23. The van der Waals surface area contributed by atoms with E-state index in [0.29, 0.717) is 12.2 Å². The van der Waals surface area contributed by atoms with Crippen molar-refractivity contribution in [2.45, 2.75) is 25.9 Å². The molecule has 0 bridgehead atoms. The van der Waals surface area contributed by atoms with Crippen molar-refractivity contribution in [3.63, 3.8) is 0 Å². The molecule has 1 atom stereocenters. The molecule has 0 saturated heterocycles. The lowest BCUT2D eigenvalue weighted by Gasteiger charge is -2.09. The van der Waals surface area contributed by atoms with Gasteiger partial charge in [-0.25, -0.2) is 4.79 Å². The first-order valence-electron chi connectivity index (χ1n) is 5.00. The lowest BCUT2D eigenvalue weighted by atomic mass is 10.2. The Balaban J connectivity index is 2.46. The maximum Gasteiger partial charge on any atom is 0.339 e. The van der Waals surface area contributed by atoms with Gasteiger partial charge in [0.25, 0.3) is 0 Å². The van der Waals surface area contributed by atoms with Gasteiger partial charge in [0.2, 0.25) is 0 Å². The summed E-state index contributed by atoms with van der Waals surface area (Å²) < 4.78 is 4.88. The highest BCUT2D eigenvalue weighted by atomic mass is 16.5. The lowest BCUT2D eigenvalue weighted by Crippen LogP contribution is -2.16. The molecule has 0 fully saturated rings. The van der Waals surface area contributed by atoms with Crippen molar-refractivity contribution in [3.8, 4) is 0 Å². The largest absolute Gasteiger partial charge is 0.464 e. The molecule has 0 aromatic carbocycles. The molecule has 4 heteroatoms. The van der Waals surface area contributed by atoms with E-state index in [9.17, 15) is 9.90 Å². The minimum Gasteiger partial charge on any atom is -0.464 e. The second kappa shape index (κ2) is 6.14. The first-order valence-corrected chi connectivity index (χ1v) is 5.00. The summed E-state index contributed by atoms with van der Waals surface area (Å²) in [6, 6.07) is 3.30. The SMILES string of the molecule is CCCCOC(=O)[C@H](O)c1cccnc1. The number of aliphatic hydroxyl groups excluding tert-OH is 1. The number of hydrogen-bond donors (Lipinski definition) is 1. The molecule has 0 unspecified atom stereocenters. The summed E-state index contributed by atoms with van der Waals surface area (Å²) in [5, 5.41) is 9.57. The van der Waals surface area contributed by atoms with E-state index in [1.807, 2.05) is 6.92 Å². The number of aliphatic hydroxyl groups is 1. The van der Waals surface area contributed by atoms with Crippen LogP contribution in [0.5, 0.6) is 0 Å². The van der Waals surface area contributed by atoms with Gasteiger partial charge in [-0.15, -0.1) is 0 Å². The van der Waals surface area contributed by atoms with Crippen LogP contribution in [0, 0.1) is 0 Å². The van der Waals surface area contributed by atoms with Crippen LogP contribution in [0.4, 0.5) is 0 Å². The van der Waals surface area contributed by atoms with Crippen LogP contribution in [-0.4, -0.2) is 22.7 Å². The average Bonchev–Trinajstić information content (AvgIpc) is 2.29. The number of ether oxygens (including phenoxy) is 1. The third kappa shape index (κ3) is 3.67. The van der Waals surface area contributed by atoms with Crippen molar-refractivity contribution < 1.29 is 14.6 Å². The molecule has 0 aliphatic carbocycles. The smallest absolute Gasteiger partial charge is 0.339 e. The van der Waals surface area contributed by atoms with E-state index in [2.05, 4.69) is 4.98 Å². The Morgan fingerprint density at radius 1 is 1.67 bits per heavy atom. The van der Waals surface area contributed by atoms with Crippen molar-refractivity contribution >= 4 is 5.97 Å². The topological polar surface area (TPSA) is 59.4 Å². The van der Waals surface area contributed by atoms with E-state index < -0.39 is 12.1 Å². The number of aromatic nitrogens is 1. The van der Waals surface area contributed by atoms with Gasteiger partial charge in [-0.05, 0) is 12.5 Å². The highest BCUT2D eigenvalue weighted by Crippen LogP contribution is 2.12. The normalized spacial score (nSPS) is 12.1. The second-order valence-electron chi connectivity index (χ2n) is 3.21. The van der Waals surface area contributed by atoms with Gasteiger partial charge in [0.15, 0.2) is 6.10 Å². The molecule has 15 heavy (non-hydrogen) atoms. The molecule has 1 aromatic heterocycles. The summed E-state index contributed by atoms with van der Waals surface area (Å²) in [6.45, 7) is 2.36. The molecule has 1 aromatic rings. The number of hydrogen-bond acceptors (Lipinski definition) is 4. The first kappa shape index (κ1) is 11.7. The maximum absolute atomic E-state index is 11.3. The summed E-state index contributed by atoms with van der Waals surface area (Å²) in [6.07, 6.45) is 3.57. The molecule has 4 nitrogen and oxygen atoms in total. The fraction of sp³-hybridized carbons (Fsp3) is 0.455. The molecule has 0 aliphatic rings. The van der Waals surface area contributed by atoms with Gasteiger partial charge in [0.05, 0.1) is 6.61 Å². The number of nitrogens with zero attached hydrogens (tertiary/aromatic N) is 1. The molecule has 0 spiro atoms. The Morgan fingerprint density at radius 2 is 2.47 bits per heavy atom. The highest BCUT2D eigenvalue weighted by molar-refractivity contribution is 5.76. The number of unbranched alkanes of at least 4 members (excludes halogenated alkanes) is 1. The van der Waals surface area contributed by atoms with Crippen LogP contribution in [0.3, 0.4) is 0 Å². The Kier molecular flexibility index (Phi) is 4.77. The van der Waals surface area contributed by atoms with Crippen LogP contribution in [0.25, 0.3) is 0 Å². The predicted octanol–water partition coefficient (Wildman–Crippen LogP) is 1.46. The van der Waals surface area contributed by atoms with Crippen molar-refractivity contribution in [1.29, 1.82) is 0 Å². The summed E-state index contributed by atoms with van der Waals surface area (Å²) >= 11 is 0. The zero-order chi connectivity index (χ0) is 11.1. The van der Waals surface area contributed by atoms with Gasteiger partial charge in [0, 0.05) is 18.0 Å². The van der Waals surface area contributed by atoms with E-state index >= 15 is 0 Å². The van der Waals surface area contributed by atoms with E-state index in [1.165, 1.54) is 6.20 Å². The molecule has 1 heterocycles. The molecule has 1 N–H and O–H groups in total. The van der Waals surface area contributed by atoms with Gasteiger partial charge in [-0.1, -0.05) is 19.4 Å². The highest BCUT2D eigenvalue weighted by Gasteiger charge is 2.18. The summed E-state index contributed by atoms with van der Waals surface area (Å²) in [4.78, 5) is 15.1. The van der Waals surface area contributed by atoms with Gasteiger partial charge in [0.1, 0.15) is 0 Å². The number of pyridine rings is 1. The third-order valence-corrected chi connectivity index (χ3v) is 1.97. The Hall–Kier alpha value is -1.42. The standard InChI is InChI=1S/C11H15NO3/c1-2-3-7-15-11(14)10(13)9-5-4-6-12-8-9/h4-6,8,10,13H,2-3,7H2,1H3/t10-/m1/s1. The van der Waals surface area contributed by atoms with Gasteiger partial charge in [-0.3, -0.25) is 4.98 Å². The molecule has 82 valence electrons. The van der Waals surface area contributed by atoms with Crippen LogP contribution < -0.4 is 0 Å². The minimum absolute atomic E-state index is 0.354. The van der Waals surface area contributed by atoms with Crippen molar-refractivity contribution in [2.75, 3.05) is 6.61 Å². The molecule has 0 saturated carbocycles. The second-order valence-corrected chi connectivity index (χ2v) is 3.21. The van der Waals surface area contributed by atoms with E-state index in [4.69, 9.17) is 4.74 Å². The first-order chi connectivity index (χ1) is 7.25. The molecular weight excluding hydrogens is 194 g/mol. The van der Waals surface area contributed by atoms with Crippen molar-refractivity contribution in [2.24, 2.45) is 0 Å². The van der Waals surface area contributed by atoms with E-state index in [1.54, 1.807) is 18.3 Å². The van der Waals surface area contributed by atoms with Crippen LogP contribution in [-0.2, 0) is 9.53 Å². The molecule has 0 radical (unpaired) electrons. The fourth-order valence-electron chi connectivity index (χ4n) is 1.07. The number of carbonyl (C=O) groups excluding carboxylic acids is 1. The zero-order valence-electron chi connectivity index (χ0n) is 8.72. The van der Waals surface area contributed by atoms with Gasteiger partial charge < -0.3 is 9.84 Å². The summed E-state index contributed by atoms with van der Waals surface area (Å²) in [5.74, 6) is -0.614. The molecule has 0 amide bonds. The number of esters is 1. The van der Waals surface area contributed by atoms with Crippen molar-refractivity contribution in [3.05, 3.63) is 30.1 Å². The average molecular weight is 209 g/mol. The quantitative estimate of drug-likeness (QED) is 0.589. The number of rotatable bonds is 5. The Bertz CT molecular complexity index is 300. The van der Waals surface area contributed by atoms with Crippen LogP contribution in [0.2, 0.25) is 0 Å². The molecule has 1 rings (SSSR count). The van der Waals surface area contributed by atoms with Crippen LogP contribution in [0.1, 0.15) is 31.4 Å². The Morgan fingerprint density at radius 3 is 3.07 bits per heavy atom. The Labute approximate surface area is 88.9 Å². The monoisotopic (exact) mass is 209 g/mol. The maximum atomic E-state index is 11.3. The lowest BCUT2D eigenvalue weighted by molar-refractivity contribution is -0.154. The van der Waals surface area contributed by atoms with Crippen molar-refractivity contribution in [1.82, 2.24) is 4.98 Å². The third-order valence-electron chi connectivity index (χ3n) is 1.97. The molecular formula is C11H15NO3. The van der Waals surface area contributed by atoms with Gasteiger partial charge >= 0.3 is 5.97 Å². The summed E-state index contributed by atoms with van der Waals surface area (Å²) in [5.41, 5.74) is 0.457. The fourth-order valence-corrected chi connectivity index (χ4v) is 1.07.